The summed E-state index contributed by atoms with van der Waals surface area (Å²) >= 11 is 1.51. The molecule has 1 N–H and O–H groups in total. The van der Waals surface area contributed by atoms with Gasteiger partial charge in [0, 0.05) is 17.2 Å². The first-order valence-corrected chi connectivity index (χ1v) is 9.33. The Hall–Kier alpha value is -2.06. The van der Waals surface area contributed by atoms with E-state index in [9.17, 15) is 18.5 Å². The van der Waals surface area contributed by atoms with Crippen LogP contribution in [0.5, 0.6) is 0 Å². The van der Waals surface area contributed by atoms with Gasteiger partial charge in [0.2, 0.25) is 0 Å². The summed E-state index contributed by atoms with van der Waals surface area (Å²) < 4.78 is 23.1. The van der Waals surface area contributed by atoms with E-state index in [0.29, 0.717) is 0 Å². The molecule has 8 heteroatoms. The van der Waals surface area contributed by atoms with E-state index in [0.717, 1.165) is 22.9 Å². The fourth-order valence-electron chi connectivity index (χ4n) is 1.89. The third-order valence-corrected chi connectivity index (χ3v) is 4.88. The zero-order valence-electron chi connectivity index (χ0n) is 11.9. The monoisotopic (exact) mass is 338 g/mol. The van der Waals surface area contributed by atoms with Gasteiger partial charge in [-0.05, 0) is 30.5 Å². The Balaban J connectivity index is 2.49. The number of thioether (sulfide) groups is 1. The topological polar surface area (TPSA) is 89.3 Å². The summed E-state index contributed by atoms with van der Waals surface area (Å²) in [5.74, 6) is 0. The second-order valence-electron chi connectivity index (χ2n) is 4.53. The van der Waals surface area contributed by atoms with Crippen molar-refractivity contribution < 1.29 is 13.3 Å². The van der Waals surface area contributed by atoms with Crippen LogP contribution in [-0.4, -0.2) is 25.9 Å². The number of para-hydroxylation sites is 1. The number of hydrogen-bond donors (Lipinski definition) is 1. The van der Waals surface area contributed by atoms with Crippen molar-refractivity contribution in [3.63, 3.8) is 0 Å². The van der Waals surface area contributed by atoms with Crippen molar-refractivity contribution in [2.45, 2.75) is 9.79 Å². The first-order valence-electron chi connectivity index (χ1n) is 6.21. The van der Waals surface area contributed by atoms with Crippen LogP contribution in [0, 0.1) is 10.1 Å². The van der Waals surface area contributed by atoms with Gasteiger partial charge in [0.05, 0.1) is 15.5 Å². The van der Waals surface area contributed by atoms with Crippen LogP contribution in [-0.2, 0) is 9.84 Å². The quantitative estimate of drug-likeness (QED) is 0.510. The van der Waals surface area contributed by atoms with E-state index in [1.54, 1.807) is 6.07 Å². The fourth-order valence-corrected chi connectivity index (χ4v) is 3.09. The fraction of sp³-hybridized carbons (Fsp3) is 0.143. The van der Waals surface area contributed by atoms with Gasteiger partial charge in [0.15, 0.2) is 9.84 Å². The van der Waals surface area contributed by atoms with E-state index in [1.165, 1.54) is 23.9 Å². The first-order chi connectivity index (χ1) is 10.3. The summed E-state index contributed by atoms with van der Waals surface area (Å²) in [5.41, 5.74) is 0.697. The standard InChI is InChI=1S/C14H14N2O4S2/c1-21-14-6-4-3-5-12(14)15-11-8-7-10(22(2,19)20)9-13(11)16(17)18/h3-9,15H,1-2H3. The maximum Gasteiger partial charge on any atom is 0.293 e. The highest BCUT2D eigenvalue weighted by molar-refractivity contribution is 7.98. The van der Waals surface area contributed by atoms with Crippen LogP contribution in [0.4, 0.5) is 17.1 Å². The van der Waals surface area contributed by atoms with Crippen molar-refractivity contribution >= 4 is 38.7 Å². The Morgan fingerprint density at radius 3 is 2.41 bits per heavy atom. The van der Waals surface area contributed by atoms with Gasteiger partial charge >= 0.3 is 0 Å². The highest BCUT2D eigenvalue weighted by Crippen LogP contribution is 2.33. The van der Waals surface area contributed by atoms with Gasteiger partial charge in [0.1, 0.15) is 5.69 Å². The average molecular weight is 338 g/mol. The van der Waals surface area contributed by atoms with Crippen LogP contribution in [0.3, 0.4) is 0 Å². The molecule has 0 bridgehead atoms. The zero-order valence-corrected chi connectivity index (χ0v) is 13.6. The summed E-state index contributed by atoms with van der Waals surface area (Å²) in [7, 11) is -3.50. The van der Waals surface area contributed by atoms with E-state index in [2.05, 4.69) is 5.32 Å². The molecular formula is C14H14N2O4S2. The summed E-state index contributed by atoms with van der Waals surface area (Å²) in [4.78, 5) is 11.5. The Morgan fingerprint density at radius 2 is 1.82 bits per heavy atom. The average Bonchev–Trinajstić information content (AvgIpc) is 2.46. The lowest BCUT2D eigenvalue weighted by Crippen LogP contribution is -2.02. The summed E-state index contributed by atoms with van der Waals surface area (Å²) in [6.45, 7) is 0. The smallest absolute Gasteiger partial charge is 0.293 e. The molecule has 6 nitrogen and oxygen atoms in total. The SMILES string of the molecule is CSc1ccccc1Nc1ccc(S(C)(=O)=O)cc1[N+](=O)[O-]. The van der Waals surface area contributed by atoms with Gasteiger partial charge in [-0.3, -0.25) is 10.1 Å². The van der Waals surface area contributed by atoms with Crippen molar-refractivity contribution in [1.29, 1.82) is 0 Å². The van der Waals surface area contributed by atoms with E-state index >= 15 is 0 Å². The molecule has 0 saturated carbocycles. The molecule has 0 heterocycles. The molecule has 0 spiro atoms. The Bertz CT molecular complexity index is 819. The number of nitrogens with one attached hydrogen (secondary N) is 1. The van der Waals surface area contributed by atoms with Crippen LogP contribution < -0.4 is 5.32 Å². The molecule has 0 aliphatic rings. The van der Waals surface area contributed by atoms with Crippen LogP contribution in [0.2, 0.25) is 0 Å². The predicted molar refractivity (Wildman–Crippen MR) is 87.7 cm³/mol. The first kappa shape index (κ1) is 16.3. The lowest BCUT2D eigenvalue weighted by Gasteiger charge is -2.11. The Kier molecular flexibility index (Phi) is 4.72. The van der Waals surface area contributed by atoms with E-state index in [-0.39, 0.29) is 16.3 Å². The molecule has 0 aliphatic heterocycles. The number of rotatable bonds is 5. The van der Waals surface area contributed by atoms with Crippen LogP contribution in [0.15, 0.2) is 52.3 Å². The van der Waals surface area contributed by atoms with Crippen molar-refractivity contribution in [3.05, 3.63) is 52.6 Å². The molecule has 0 aliphatic carbocycles. The van der Waals surface area contributed by atoms with Crippen molar-refractivity contribution in [1.82, 2.24) is 0 Å². The highest BCUT2D eigenvalue weighted by atomic mass is 32.2. The minimum absolute atomic E-state index is 0.0806. The number of benzene rings is 2. The number of anilines is 2. The minimum Gasteiger partial charge on any atom is -0.349 e. The van der Waals surface area contributed by atoms with Gasteiger partial charge in [-0.2, -0.15) is 0 Å². The number of nitrogens with zero attached hydrogens (tertiary/aromatic N) is 1. The molecule has 0 saturated heterocycles. The van der Waals surface area contributed by atoms with Crippen molar-refractivity contribution in [3.8, 4) is 0 Å². The molecule has 2 aromatic carbocycles. The van der Waals surface area contributed by atoms with E-state index in [4.69, 9.17) is 0 Å². The third-order valence-electron chi connectivity index (χ3n) is 2.97. The number of sulfone groups is 1. The molecule has 0 fully saturated rings. The normalized spacial score (nSPS) is 11.2. The molecule has 0 radical (unpaired) electrons. The van der Waals surface area contributed by atoms with Gasteiger partial charge in [0.25, 0.3) is 5.69 Å². The summed E-state index contributed by atoms with van der Waals surface area (Å²) in [6.07, 6.45) is 2.92. The van der Waals surface area contributed by atoms with Crippen molar-refractivity contribution in [2.24, 2.45) is 0 Å². The molecule has 0 amide bonds. The largest absolute Gasteiger partial charge is 0.349 e. The molecule has 2 aromatic rings. The van der Waals surface area contributed by atoms with Gasteiger partial charge in [-0.1, -0.05) is 12.1 Å². The molecule has 2 rings (SSSR count). The van der Waals surface area contributed by atoms with Gasteiger partial charge < -0.3 is 5.32 Å². The van der Waals surface area contributed by atoms with Crippen molar-refractivity contribution in [2.75, 3.05) is 17.8 Å². The molecule has 22 heavy (non-hydrogen) atoms. The van der Waals surface area contributed by atoms with Crippen LogP contribution >= 0.6 is 11.8 Å². The molecule has 116 valence electrons. The van der Waals surface area contributed by atoms with E-state index in [1.807, 2.05) is 24.5 Å². The zero-order chi connectivity index (χ0) is 16.3. The Labute approximate surface area is 132 Å². The van der Waals surface area contributed by atoms with Gasteiger partial charge in [-0.15, -0.1) is 11.8 Å². The second-order valence-corrected chi connectivity index (χ2v) is 7.40. The minimum atomic E-state index is -3.50. The van der Waals surface area contributed by atoms with Crippen LogP contribution in [0.1, 0.15) is 0 Å². The molecule has 0 atom stereocenters. The summed E-state index contributed by atoms with van der Waals surface area (Å²) in [6, 6.07) is 11.2. The van der Waals surface area contributed by atoms with Crippen LogP contribution in [0.25, 0.3) is 0 Å². The lowest BCUT2D eigenvalue weighted by atomic mass is 10.2. The number of nitro groups is 1. The molecule has 0 unspecified atom stereocenters. The molecular weight excluding hydrogens is 324 g/mol. The maximum absolute atomic E-state index is 11.5. The third kappa shape index (κ3) is 3.58. The van der Waals surface area contributed by atoms with Gasteiger partial charge in [-0.25, -0.2) is 8.42 Å². The number of nitro benzene ring substituents is 1. The lowest BCUT2D eigenvalue weighted by molar-refractivity contribution is -0.384. The predicted octanol–water partition coefficient (Wildman–Crippen LogP) is 3.46. The highest BCUT2D eigenvalue weighted by Gasteiger charge is 2.19. The van der Waals surface area contributed by atoms with E-state index < -0.39 is 14.8 Å². The summed E-state index contributed by atoms with van der Waals surface area (Å²) in [5, 5.41) is 14.2. The Morgan fingerprint density at radius 1 is 1.14 bits per heavy atom. The number of hydrogen-bond acceptors (Lipinski definition) is 6. The maximum atomic E-state index is 11.5. The molecule has 0 aromatic heterocycles. The second kappa shape index (κ2) is 6.37.